The van der Waals surface area contributed by atoms with Crippen LogP contribution in [0.3, 0.4) is 0 Å². The summed E-state index contributed by atoms with van der Waals surface area (Å²) in [5, 5.41) is 8.74. The summed E-state index contributed by atoms with van der Waals surface area (Å²) in [4.78, 5) is 2.14. The highest BCUT2D eigenvalue weighted by Crippen LogP contribution is 2.14. The highest BCUT2D eigenvalue weighted by molar-refractivity contribution is 7.80. The van der Waals surface area contributed by atoms with E-state index in [9.17, 15) is 0 Å². The van der Waals surface area contributed by atoms with Gasteiger partial charge in [0.25, 0.3) is 0 Å². The van der Waals surface area contributed by atoms with Crippen molar-refractivity contribution in [2.24, 2.45) is 0 Å². The second kappa shape index (κ2) is 5.56. The van der Waals surface area contributed by atoms with E-state index in [1.165, 1.54) is 0 Å². The van der Waals surface area contributed by atoms with Crippen LogP contribution in [-0.4, -0.2) is 19.3 Å². The first-order chi connectivity index (χ1) is 6.77. The van der Waals surface area contributed by atoms with E-state index in [2.05, 4.69) is 23.6 Å². The molecule has 1 aromatic rings. The molecule has 0 aliphatic carbocycles. The van der Waals surface area contributed by atoms with E-state index in [1.54, 1.807) is 0 Å². The van der Waals surface area contributed by atoms with Gasteiger partial charge in [0, 0.05) is 19.3 Å². The number of nitrogens with zero attached hydrogens (tertiary/aromatic N) is 2. The molecule has 0 aliphatic rings. The first kappa shape index (κ1) is 10.9. The number of thiol groups is 1. The van der Waals surface area contributed by atoms with Gasteiger partial charge in [-0.2, -0.15) is 17.9 Å². The van der Waals surface area contributed by atoms with Crippen LogP contribution >= 0.6 is 12.6 Å². The Kier molecular flexibility index (Phi) is 4.34. The van der Waals surface area contributed by atoms with Crippen molar-refractivity contribution in [1.82, 2.24) is 0 Å². The van der Waals surface area contributed by atoms with Gasteiger partial charge in [0.1, 0.15) is 0 Å². The lowest BCUT2D eigenvalue weighted by molar-refractivity contribution is 0.861. The van der Waals surface area contributed by atoms with Gasteiger partial charge in [-0.25, -0.2) is 0 Å². The molecule has 1 aromatic carbocycles. The summed E-state index contributed by atoms with van der Waals surface area (Å²) in [6, 6.07) is 9.77. The van der Waals surface area contributed by atoms with Gasteiger partial charge in [-0.05, 0) is 30.4 Å². The number of nitriles is 1. The lowest BCUT2D eigenvalue weighted by atomic mass is 10.2. The Balaban J connectivity index is 2.70. The Morgan fingerprint density at radius 3 is 2.93 bits per heavy atom. The Morgan fingerprint density at radius 2 is 2.29 bits per heavy atom. The van der Waals surface area contributed by atoms with E-state index >= 15 is 0 Å². The Bertz CT molecular complexity index is 330. The molecule has 0 bridgehead atoms. The SMILES string of the molecule is CN(CCCS)c1cccc(C#N)c1. The molecule has 14 heavy (non-hydrogen) atoms. The predicted molar refractivity (Wildman–Crippen MR) is 62.9 cm³/mol. The summed E-state index contributed by atoms with van der Waals surface area (Å²) in [5.74, 6) is 0.891. The number of hydrogen-bond donors (Lipinski definition) is 1. The minimum atomic E-state index is 0.709. The molecule has 0 fully saturated rings. The standard InChI is InChI=1S/C11H14N2S/c1-13(6-3-7-14)11-5-2-4-10(8-11)9-12/h2,4-5,8,14H,3,6-7H2,1H3. The molecule has 2 nitrogen and oxygen atoms in total. The third-order valence-corrected chi connectivity index (χ3v) is 2.38. The largest absolute Gasteiger partial charge is 0.375 e. The molecule has 3 heteroatoms. The first-order valence-electron chi connectivity index (χ1n) is 4.60. The Hall–Kier alpha value is -1.14. The predicted octanol–water partition coefficient (Wildman–Crippen LogP) is 2.31. The van der Waals surface area contributed by atoms with E-state index in [0.717, 1.165) is 24.4 Å². The van der Waals surface area contributed by atoms with Crippen LogP contribution in [0.5, 0.6) is 0 Å². The van der Waals surface area contributed by atoms with Gasteiger partial charge in [-0.1, -0.05) is 6.07 Å². The summed E-state index contributed by atoms with van der Waals surface area (Å²) in [6.45, 7) is 0.971. The van der Waals surface area contributed by atoms with E-state index in [-0.39, 0.29) is 0 Å². The topological polar surface area (TPSA) is 27.0 Å². The normalized spacial score (nSPS) is 9.50. The molecular formula is C11H14N2S. The molecule has 0 radical (unpaired) electrons. The molecule has 0 aromatic heterocycles. The van der Waals surface area contributed by atoms with Crippen molar-refractivity contribution < 1.29 is 0 Å². The first-order valence-corrected chi connectivity index (χ1v) is 5.23. The van der Waals surface area contributed by atoms with Crippen LogP contribution in [-0.2, 0) is 0 Å². The molecule has 0 saturated heterocycles. The second-order valence-corrected chi connectivity index (χ2v) is 3.61. The van der Waals surface area contributed by atoms with Crippen molar-refractivity contribution in [3.05, 3.63) is 29.8 Å². The number of rotatable bonds is 4. The fraction of sp³-hybridized carbons (Fsp3) is 0.364. The molecule has 0 amide bonds. The van der Waals surface area contributed by atoms with Crippen LogP contribution in [0.4, 0.5) is 5.69 Å². The fourth-order valence-electron chi connectivity index (χ4n) is 1.25. The highest BCUT2D eigenvalue weighted by atomic mass is 32.1. The zero-order valence-corrected chi connectivity index (χ0v) is 9.17. The van der Waals surface area contributed by atoms with Crippen LogP contribution in [0, 0.1) is 11.3 Å². The van der Waals surface area contributed by atoms with E-state index in [1.807, 2.05) is 31.3 Å². The highest BCUT2D eigenvalue weighted by Gasteiger charge is 2.00. The fourth-order valence-corrected chi connectivity index (χ4v) is 1.39. The monoisotopic (exact) mass is 206 g/mol. The molecule has 0 unspecified atom stereocenters. The van der Waals surface area contributed by atoms with Gasteiger partial charge in [-0.3, -0.25) is 0 Å². The van der Waals surface area contributed by atoms with Crippen molar-refractivity contribution >= 4 is 18.3 Å². The molecule has 74 valence electrons. The molecule has 0 saturated carbocycles. The van der Waals surface area contributed by atoms with Crippen molar-refractivity contribution in [3.8, 4) is 6.07 Å². The van der Waals surface area contributed by atoms with Crippen molar-refractivity contribution in [2.75, 3.05) is 24.2 Å². The summed E-state index contributed by atoms with van der Waals surface area (Å²) < 4.78 is 0. The second-order valence-electron chi connectivity index (χ2n) is 3.16. The minimum absolute atomic E-state index is 0.709. The molecule has 0 N–H and O–H groups in total. The van der Waals surface area contributed by atoms with Gasteiger partial charge in [0.2, 0.25) is 0 Å². The van der Waals surface area contributed by atoms with E-state index in [4.69, 9.17) is 5.26 Å². The van der Waals surface area contributed by atoms with Crippen LogP contribution in [0.1, 0.15) is 12.0 Å². The third-order valence-electron chi connectivity index (χ3n) is 2.07. The van der Waals surface area contributed by atoms with E-state index in [0.29, 0.717) is 5.56 Å². The summed E-state index contributed by atoms with van der Waals surface area (Å²) >= 11 is 4.17. The summed E-state index contributed by atoms with van der Waals surface area (Å²) in [7, 11) is 2.03. The van der Waals surface area contributed by atoms with Crippen LogP contribution < -0.4 is 4.90 Å². The average molecular weight is 206 g/mol. The molecule has 0 aliphatic heterocycles. The molecule has 0 spiro atoms. The molecule has 0 heterocycles. The number of anilines is 1. The quantitative estimate of drug-likeness (QED) is 0.765. The van der Waals surface area contributed by atoms with Gasteiger partial charge in [-0.15, -0.1) is 0 Å². The maximum absolute atomic E-state index is 8.74. The summed E-state index contributed by atoms with van der Waals surface area (Å²) in [5.41, 5.74) is 1.80. The van der Waals surface area contributed by atoms with Gasteiger partial charge in [0.05, 0.1) is 11.6 Å². The molecule has 0 atom stereocenters. The molecule has 1 rings (SSSR count). The van der Waals surface area contributed by atoms with E-state index < -0.39 is 0 Å². The lowest BCUT2D eigenvalue weighted by Gasteiger charge is -2.18. The van der Waals surface area contributed by atoms with Gasteiger partial charge >= 0.3 is 0 Å². The average Bonchev–Trinajstić information content (AvgIpc) is 2.26. The zero-order chi connectivity index (χ0) is 10.4. The van der Waals surface area contributed by atoms with Crippen LogP contribution in [0.25, 0.3) is 0 Å². The van der Waals surface area contributed by atoms with Crippen molar-refractivity contribution in [1.29, 1.82) is 5.26 Å². The van der Waals surface area contributed by atoms with Crippen molar-refractivity contribution in [2.45, 2.75) is 6.42 Å². The van der Waals surface area contributed by atoms with Crippen LogP contribution in [0.2, 0.25) is 0 Å². The zero-order valence-electron chi connectivity index (χ0n) is 8.27. The van der Waals surface area contributed by atoms with Gasteiger partial charge in [0.15, 0.2) is 0 Å². The Morgan fingerprint density at radius 1 is 1.50 bits per heavy atom. The smallest absolute Gasteiger partial charge is 0.0992 e. The van der Waals surface area contributed by atoms with Crippen LogP contribution in [0.15, 0.2) is 24.3 Å². The molecular weight excluding hydrogens is 192 g/mol. The maximum Gasteiger partial charge on any atom is 0.0992 e. The number of hydrogen-bond acceptors (Lipinski definition) is 3. The Labute approximate surface area is 90.6 Å². The summed E-state index contributed by atoms with van der Waals surface area (Å²) in [6.07, 6.45) is 1.05. The minimum Gasteiger partial charge on any atom is -0.375 e. The van der Waals surface area contributed by atoms with Crippen molar-refractivity contribution in [3.63, 3.8) is 0 Å². The maximum atomic E-state index is 8.74. The van der Waals surface area contributed by atoms with Gasteiger partial charge < -0.3 is 4.90 Å². The third kappa shape index (κ3) is 2.97. The lowest BCUT2D eigenvalue weighted by Crippen LogP contribution is -2.18. The number of benzene rings is 1.